The van der Waals surface area contributed by atoms with Crippen molar-refractivity contribution in [1.29, 1.82) is 0 Å². The van der Waals surface area contributed by atoms with E-state index in [0.717, 1.165) is 9.87 Å². The minimum Gasteiger partial charge on any atom is -0.357 e. The van der Waals surface area contributed by atoms with Crippen molar-refractivity contribution in [2.75, 3.05) is 17.9 Å². The van der Waals surface area contributed by atoms with Crippen molar-refractivity contribution in [3.05, 3.63) is 95.3 Å². The van der Waals surface area contributed by atoms with Gasteiger partial charge in [-0.1, -0.05) is 48.0 Å². The number of rotatable bonds is 9. The van der Waals surface area contributed by atoms with E-state index in [1.807, 2.05) is 13.0 Å². The maximum absolute atomic E-state index is 13.7. The number of likely N-dealkylation sites (N-methyl/N-ethyl adjacent to an activating group) is 1. The van der Waals surface area contributed by atoms with E-state index in [0.29, 0.717) is 16.8 Å². The molecule has 3 aromatic rings. The molecule has 36 heavy (non-hydrogen) atoms. The molecular formula is C27H30FN3O4S. The fourth-order valence-corrected chi connectivity index (χ4v) is 5.40. The van der Waals surface area contributed by atoms with Gasteiger partial charge >= 0.3 is 0 Å². The van der Waals surface area contributed by atoms with Gasteiger partial charge in [0, 0.05) is 13.6 Å². The topological polar surface area (TPSA) is 86.8 Å². The molecule has 0 heterocycles. The Kier molecular flexibility index (Phi) is 8.47. The first kappa shape index (κ1) is 26.9. The predicted octanol–water partition coefficient (Wildman–Crippen LogP) is 3.80. The van der Waals surface area contributed by atoms with E-state index < -0.39 is 40.2 Å². The summed E-state index contributed by atoms with van der Waals surface area (Å²) in [5.74, 6) is -1.41. The highest BCUT2D eigenvalue weighted by molar-refractivity contribution is 7.92. The number of benzene rings is 3. The number of hydrogen-bond acceptors (Lipinski definition) is 4. The molecule has 0 fully saturated rings. The Bertz CT molecular complexity index is 1330. The number of amides is 2. The fraction of sp³-hybridized carbons (Fsp3) is 0.259. The van der Waals surface area contributed by atoms with Gasteiger partial charge in [-0.25, -0.2) is 12.8 Å². The van der Waals surface area contributed by atoms with Gasteiger partial charge in [0.15, 0.2) is 0 Å². The van der Waals surface area contributed by atoms with Gasteiger partial charge < -0.3 is 10.2 Å². The third-order valence-electron chi connectivity index (χ3n) is 5.91. The third-order valence-corrected chi connectivity index (χ3v) is 7.68. The van der Waals surface area contributed by atoms with E-state index in [4.69, 9.17) is 0 Å². The molecule has 0 aliphatic carbocycles. The Hall–Kier alpha value is -3.72. The van der Waals surface area contributed by atoms with Gasteiger partial charge in [0.25, 0.3) is 10.0 Å². The fourth-order valence-electron chi connectivity index (χ4n) is 3.90. The molecule has 0 aromatic heterocycles. The summed E-state index contributed by atoms with van der Waals surface area (Å²) < 4.78 is 41.9. The largest absolute Gasteiger partial charge is 0.357 e. The highest BCUT2D eigenvalue weighted by Crippen LogP contribution is 2.28. The van der Waals surface area contributed by atoms with Gasteiger partial charge in [-0.15, -0.1) is 0 Å². The lowest BCUT2D eigenvalue weighted by molar-refractivity contribution is -0.139. The van der Waals surface area contributed by atoms with Gasteiger partial charge in [0.05, 0.1) is 10.6 Å². The molecule has 7 nitrogen and oxygen atoms in total. The predicted molar refractivity (Wildman–Crippen MR) is 137 cm³/mol. The van der Waals surface area contributed by atoms with Crippen LogP contribution in [0.1, 0.15) is 23.6 Å². The summed E-state index contributed by atoms with van der Waals surface area (Å²) in [5, 5.41) is 2.53. The van der Waals surface area contributed by atoms with E-state index in [9.17, 15) is 22.4 Å². The maximum atomic E-state index is 13.7. The van der Waals surface area contributed by atoms with Crippen LogP contribution in [0.2, 0.25) is 0 Å². The SMILES string of the molecule is CNC(=O)[C@H](C)N(Cc1ccc(F)cc1)C(=O)CN(c1ccc(C)cc1C)S(=O)(=O)c1ccccc1. The number of nitrogens with zero attached hydrogens (tertiary/aromatic N) is 2. The first-order valence-electron chi connectivity index (χ1n) is 11.4. The molecule has 0 aliphatic heterocycles. The van der Waals surface area contributed by atoms with Gasteiger partial charge in [-0.2, -0.15) is 0 Å². The second-order valence-electron chi connectivity index (χ2n) is 8.55. The second kappa shape index (κ2) is 11.3. The van der Waals surface area contributed by atoms with Crippen LogP contribution in [0.15, 0.2) is 77.7 Å². The molecule has 3 rings (SSSR count). The van der Waals surface area contributed by atoms with Crippen LogP contribution in [0.5, 0.6) is 0 Å². The smallest absolute Gasteiger partial charge is 0.264 e. The standard InChI is InChI=1S/C27H30FN3O4S/c1-19-10-15-25(20(2)16-19)31(36(34,35)24-8-6-5-7-9-24)18-26(32)30(21(3)27(33)29-4)17-22-11-13-23(28)14-12-22/h5-16,21H,17-18H2,1-4H3,(H,29,33)/t21-/m0/s1. The minimum atomic E-state index is -4.11. The maximum Gasteiger partial charge on any atom is 0.264 e. The van der Waals surface area contributed by atoms with E-state index >= 15 is 0 Å². The van der Waals surface area contributed by atoms with Crippen LogP contribution in [0.3, 0.4) is 0 Å². The lowest BCUT2D eigenvalue weighted by Crippen LogP contribution is -2.50. The molecule has 1 atom stereocenters. The molecule has 0 radical (unpaired) electrons. The summed E-state index contributed by atoms with van der Waals surface area (Å²) in [6.45, 7) is 4.72. The van der Waals surface area contributed by atoms with Crippen LogP contribution in [0, 0.1) is 19.7 Å². The van der Waals surface area contributed by atoms with E-state index in [1.165, 1.54) is 48.3 Å². The van der Waals surface area contributed by atoms with Crippen molar-refractivity contribution in [2.24, 2.45) is 0 Å². The second-order valence-corrected chi connectivity index (χ2v) is 10.4. The van der Waals surface area contributed by atoms with E-state index in [1.54, 1.807) is 44.2 Å². The first-order chi connectivity index (χ1) is 17.0. The first-order valence-corrected chi connectivity index (χ1v) is 12.9. The van der Waals surface area contributed by atoms with Gasteiger partial charge in [-0.05, 0) is 62.2 Å². The number of hydrogen-bond donors (Lipinski definition) is 1. The summed E-state index contributed by atoms with van der Waals surface area (Å²) in [5.41, 5.74) is 2.61. The Labute approximate surface area is 211 Å². The zero-order valence-electron chi connectivity index (χ0n) is 20.7. The number of nitrogens with one attached hydrogen (secondary N) is 1. The summed E-state index contributed by atoms with van der Waals surface area (Å²) in [7, 11) is -2.65. The minimum absolute atomic E-state index is 0.000194. The average Bonchev–Trinajstić information content (AvgIpc) is 2.86. The lowest BCUT2D eigenvalue weighted by Gasteiger charge is -2.32. The monoisotopic (exact) mass is 511 g/mol. The molecule has 0 spiro atoms. The number of carbonyl (C=O) groups is 2. The van der Waals surface area contributed by atoms with Gasteiger partial charge in [0.2, 0.25) is 11.8 Å². The molecular weight excluding hydrogens is 481 g/mol. The molecule has 1 N–H and O–H groups in total. The van der Waals surface area contributed by atoms with Crippen LogP contribution in [-0.2, 0) is 26.2 Å². The van der Waals surface area contributed by atoms with Crippen molar-refractivity contribution in [2.45, 2.75) is 38.3 Å². The highest BCUT2D eigenvalue weighted by atomic mass is 32.2. The third kappa shape index (κ3) is 6.09. The highest BCUT2D eigenvalue weighted by Gasteiger charge is 2.32. The van der Waals surface area contributed by atoms with Crippen LogP contribution in [0.4, 0.5) is 10.1 Å². The average molecular weight is 512 g/mol. The molecule has 3 aromatic carbocycles. The van der Waals surface area contributed by atoms with Crippen LogP contribution in [-0.4, -0.2) is 44.8 Å². The van der Waals surface area contributed by atoms with Crippen molar-refractivity contribution < 1.29 is 22.4 Å². The lowest BCUT2D eigenvalue weighted by atomic mass is 10.1. The number of carbonyl (C=O) groups excluding carboxylic acids is 2. The van der Waals surface area contributed by atoms with Crippen LogP contribution >= 0.6 is 0 Å². The number of halogens is 1. The number of anilines is 1. The normalized spacial score (nSPS) is 12.0. The van der Waals surface area contributed by atoms with Crippen molar-refractivity contribution >= 4 is 27.5 Å². The molecule has 0 aliphatic rings. The zero-order valence-corrected chi connectivity index (χ0v) is 21.5. The van der Waals surface area contributed by atoms with Crippen LogP contribution in [0.25, 0.3) is 0 Å². The van der Waals surface area contributed by atoms with Gasteiger partial charge in [-0.3, -0.25) is 13.9 Å². The van der Waals surface area contributed by atoms with E-state index in [-0.39, 0.29) is 11.4 Å². The van der Waals surface area contributed by atoms with Crippen molar-refractivity contribution in [3.63, 3.8) is 0 Å². The van der Waals surface area contributed by atoms with Crippen molar-refractivity contribution in [3.8, 4) is 0 Å². The molecule has 0 unspecified atom stereocenters. The molecule has 0 bridgehead atoms. The van der Waals surface area contributed by atoms with Crippen molar-refractivity contribution in [1.82, 2.24) is 10.2 Å². The molecule has 2 amide bonds. The molecule has 190 valence electrons. The zero-order chi connectivity index (χ0) is 26.5. The molecule has 0 saturated heterocycles. The Morgan fingerprint density at radius 1 is 0.972 bits per heavy atom. The Balaban J connectivity index is 2.05. The quantitative estimate of drug-likeness (QED) is 0.474. The van der Waals surface area contributed by atoms with E-state index in [2.05, 4.69) is 5.32 Å². The van der Waals surface area contributed by atoms with Crippen LogP contribution < -0.4 is 9.62 Å². The summed E-state index contributed by atoms with van der Waals surface area (Å²) in [6, 6.07) is 17.9. The summed E-state index contributed by atoms with van der Waals surface area (Å²) >= 11 is 0. The number of aryl methyl sites for hydroxylation is 2. The Morgan fingerprint density at radius 2 is 1.61 bits per heavy atom. The molecule has 9 heteroatoms. The Morgan fingerprint density at radius 3 is 2.19 bits per heavy atom. The van der Waals surface area contributed by atoms with Gasteiger partial charge in [0.1, 0.15) is 18.4 Å². The summed E-state index contributed by atoms with van der Waals surface area (Å²) in [4.78, 5) is 27.5. The summed E-state index contributed by atoms with van der Waals surface area (Å²) in [6.07, 6.45) is 0. The number of sulfonamides is 1. The molecule has 0 saturated carbocycles.